The summed E-state index contributed by atoms with van der Waals surface area (Å²) in [5, 5.41) is 0. The average Bonchev–Trinajstić information content (AvgIpc) is 2.73. The molecule has 0 aromatic rings. The Morgan fingerprint density at radius 3 is 2.68 bits per heavy atom. The van der Waals surface area contributed by atoms with E-state index in [4.69, 9.17) is 10.5 Å². The van der Waals surface area contributed by atoms with E-state index in [1.54, 1.807) is 0 Å². The molecule has 3 aliphatic rings. The van der Waals surface area contributed by atoms with Gasteiger partial charge >= 0.3 is 0 Å². The highest BCUT2D eigenvalue weighted by atomic mass is 16.5. The van der Waals surface area contributed by atoms with Crippen molar-refractivity contribution >= 4 is 0 Å². The van der Waals surface area contributed by atoms with Gasteiger partial charge in [-0.1, -0.05) is 19.3 Å². The first-order valence-electron chi connectivity index (χ1n) is 8.37. The van der Waals surface area contributed by atoms with E-state index in [1.165, 1.54) is 58.0 Å². The van der Waals surface area contributed by atoms with Gasteiger partial charge in [0.05, 0.1) is 0 Å². The topological polar surface area (TPSA) is 38.5 Å². The molecule has 3 rings (SSSR count). The van der Waals surface area contributed by atoms with Gasteiger partial charge in [0.2, 0.25) is 0 Å². The smallest absolute Gasteiger partial charge is 0.0484 e. The molecule has 2 saturated heterocycles. The average molecular weight is 266 g/mol. The molecule has 0 aromatic carbocycles. The summed E-state index contributed by atoms with van der Waals surface area (Å²) in [6.45, 7) is 5.23. The molecule has 3 nitrogen and oxygen atoms in total. The predicted molar refractivity (Wildman–Crippen MR) is 78.1 cm³/mol. The van der Waals surface area contributed by atoms with E-state index in [1.807, 2.05) is 0 Å². The van der Waals surface area contributed by atoms with E-state index < -0.39 is 0 Å². The minimum atomic E-state index is 0.249. The Hall–Kier alpha value is -0.120. The number of likely N-dealkylation sites (tertiary alicyclic amines) is 1. The van der Waals surface area contributed by atoms with Crippen molar-refractivity contribution in [2.75, 3.05) is 32.8 Å². The highest BCUT2D eigenvalue weighted by Gasteiger charge is 2.41. The van der Waals surface area contributed by atoms with Crippen LogP contribution in [-0.2, 0) is 4.74 Å². The molecule has 3 unspecified atom stereocenters. The van der Waals surface area contributed by atoms with Crippen LogP contribution >= 0.6 is 0 Å². The SMILES string of the molecule is NCC1(N2CCC3CCCCC3C2)CCCOCC1. The second-order valence-electron chi connectivity index (χ2n) is 6.93. The Morgan fingerprint density at radius 1 is 1.00 bits per heavy atom. The van der Waals surface area contributed by atoms with Gasteiger partial charge < -0.3 is 10.5 Å². The maximum atomic E-state index is 6.21. The fourth-order valence-electron chi connectivity index (χ4n) is 4.67. The number of piperidine rings is 1. The van der Waals surface area contributed by atoms with E-state index in [-0.39, 0.29) is 5.54 Å². The lowest BCUT2D eigenvalue weighted by Crippen LogP contribution is -2.58. The molecule has 3 fully saturated rings. The van der Waals surface area contributed by atoms with Crippen LogP contribution in [0.2, 0.25) is 0 Å². The van der Waals surface area contributed by atoms with Crippen molar-refractivity contribution in [3.63, 3.8) is 0 Å². The summed E-state index contributed by atoms with van der Waals surface area (Å²) in [5.74, 6) is 1.97. The van der Waals surface area contributed by atoms with Gasteiger partial charge in [0.25, 0.3) is 0 Å². The number of nitrogens with two attached hydrogens (primary N) is 1. The zero-order chi connectivity index (χ0) is 13.1. The Labute approximate surface area is 117 Å². The Bertz CT molecular complexity index is 286. The zero-order valence-electron chi connectivity index (χ0n) is 12.3. The van der Waals surface area contributed by atoms with Crippen molar-refractivity contribution in [3.05, 3.63) is 0 Å². The highest BCUT2D eigenvalue weighted by molar-refractivity contribution is 4.97. The number of fused-ring (bicyclic) bond motifs is 1. The fourth-order valence-corrected chi connectivity index (χ4v) is 4.67. The number of hydrogen-bond donors (Lipinski definition) is 1. The van der Waals surface area contributed by atoms with Gasteiger partial charge in [-0.15, -0.1) is 0 Å². The van der Waals surface area contributed by atoms with Crippen molar-refractivity contribution in [3.8, 4) is 0 Å². The summed E-state index contributed by atoms with van der Waals surface area (Å²) < 4.78 is 5.67. The van der Waals surface area contributed by atoms with Crippen LogP contribution in [0.1, 0.15) is 51.4 Å². The lowest BCUT2D eigenvalue weighted by Gasteiger charge is -2.50. The van der Waals surface area contributed by atoms with E-state index >= 15 is 0 Å². The Morgan fingerprint density at radius 2 is 1.84 bits per heavy atom. The normalized spacial score (nSPS) is 41.5. The molecule has 0 aromatic heterocycles. The molecule has 3 atom stereocenters. The van der Waals surface area contributed by atoms with Crippen LogP contribution < -0.4 is 5.73 Å². The minimum Gasteiger partial charge on any atom is -0.381 e. The van der Waals surface area contributed by atoms with Gasteiger partial charge in [0.1, 0.15) is 0 Å². The summed E-state index contributed by atoms with van der Waals surface area (Å²) in [5.41, 5.74) is 6.46. The van der Waals surface area contributed by atoms with Crippen molar-refractivity contribution in [2.24, 2.45) is 17.6 Å². The lowest BCUT2D eigenvalue weighted by atomic mass is 9.73. The van der Waals surface area contributed by atoms with Crippen LogP contribution in [0.4, 0.5) is 0 Å². The van der Waals surface area contributed by atoms with E-state index in [9.17, 15) is 0 Å². The first-order valence-corrected chi connectivity index (χ1v) is 8.37. The zero-order valence-corrected chi connectivity index (χ0v) is 12.3. The first kappa shape index (κ1) is 13.8. The molecular formula is C16H30N2O. The molecule has 0 amide bonds. The van der Waals surface area contributed by atoms with Crippen LogP contribution in [0.25, 0.3) is 0 Å². The molecule has 2 heterocycles. The predicted octanol–water partition coefficient (Wildman–Crippen LogP) is 2.40. The van der Waals surface area contributed by atoms with Crippen LogP contribution in [0, 0.1) is 11.8 Å². The molecule has 19 heavy (non-hydrogen) atoms. The van der Waals surface area contributed by atoms with E-state index in [2.05, 4.69) is 4.90 Å². The Balaban J connectivity index is 1.69. The van der Waals surface area contributed by atoms with E-state index in [0.29, 0.717) is 0 Å². The largest absolute Gasteiger partial charge is 0.381 e. The summed E-state index contributed by atoms with van der Waals surface area (Å²) in [4.78, 5) is 2.76. The number of rotatable bonds is 2. The summed E-state index contributed by atoms with van der Waals surface area (Å²) in [6, 6.07) is 0. The van der Waals surface area contributed by atoms with Gasteiger partial charge in [0, 0.05) is 31.8 Å². The second kappa shape index (κ2) is 6.11. The maximum Gasteiger partial charge on any atom is 0.0484 e. The van der Waals surface area contributed by atoms with Crippen molar-refractivity contribution in [1.29, 1.82) is 0 Å². The van der Waals surface area contributed by atoms with Crippen LogP contribution in [0.3, 0.4) is 0 Å². The molecule has 3 heteroatoms. The van der Waals surface area contributed by atoms with Gasteiger partial charge in [-0.3, -0.25) is 4.90 Å². The first-order chi connectivity index (χ1) is 9.34. The van der Waals surface area contributed by atoms with Crippen molar-refractivity contribution in [2.45, 2.75) is 56.9 Å². The number of ether oxygens (including phenoxy) is 1. The molecule has 2 N–H and O–H groups in total. The van der Waals surface area contributed by atoms with E-state index in [0.717, 1.165) is 38.0 Å². The van der Waals surface area contributed by atoms with Crippen LogP contribution in [-0.4, -0.2) is 43.3 Å². The van der Waals surface area contributed by atoms with Crippen molar-refractivity contribution < 1.29 is 4.74 Å². The number of hydrogen-bond acceptors (Lipinski definition) is 3. The monoisotopic (exact) mass is 266 g/mol. The second-order valence-corrected chi connectivity index (χ2v) is 6.93. The van der Waals surface area contributed by atoms with Crippen LogP contribution in [0.5, 0.6) is 0 Å². The Kier molecular flexibility index (Phi) is 4.45. The fraction of sp³-hybridized carbons (Fsp3) is 1.00. The van der Waals surface area contributed by atoms with Crippen molar-refractivity contribution in [1.82, 2.24) is 4.90 Å². The quantitative estimate of drug-likeness (QED) is 0.834. The highest BCUT2D eigenvalue weighted by Crippen LogP contribution is 2.40. The third-order valence-corrected chi connectivity index (χ3v) is 5.98. The molecule has 1 aliphatic carbocycles. The van der Waals surface area contributed by atoms with Crippen LogP contribution in [0.15, 0.2) is 0 Å². The van der Waals surface area contributed by atoms with Gasteiger partial charge in [-0.05, 0) is 50.5 Å². The maximum absolute atomic E-state index is 6.21. The van der Waals surface area contributed by atoms with Gasteiger partial charge in [0.15, 0.2) is 0 Å². The summed E-state index contributed by atoms with van der Waals surface area (Å²) >= 11 is 0. The molecular weight excluding hydrogens is 236 g/mol. The molecule has 0 radical (unpaired) electrons. The lowest BCUT2D eigenvalue weighted by molar-refractivity contribution is -0.00341. The molecule has 1 saturated carbocycles. The number of nitrogens with zero attached hydrogens (tertiary/aromatic N) is 1. The molecule has 0 bridgehead atoms. The third-order valence-electron chi connectivity index (χ3n) is 5.98. The molecule has 2 aliphatic heterocycles. The van der Waals surface area contributed by atoms with Gasteiger partial charge in [-0.2, -0.15) is 0 Å². The summed E-state index contributed by atoms with van der Waals surface area (Å²) in [7, 11) is 0. The minimum absolute atomic E-state index is 0.249. The standard InChI is InChI=1S/C16H30N2O/c17-13-16(7-3-10-19-11-8-16)18-9-6-14-4-1-2-5-15(14)12-18/h14-15H,1-13,17H2. The third kappa shape index (κ3) is 2.84. The molecule has 110 valence electrons. The molecule has 0 spiro atoms. The van der Waals surface area contributed by atoms with Gasteiger partial charge in [-0.25, -0.2) is 0 Å². The summed E-state index contributed by atoms with van der Waals surface area (Å²) in [6.07, 6.45) is 10.8.